The van der Waals surface area contributed by atoms with Gasteiger partial charge in [-0.1, -0.05) is 52.3 Å². The summed E-state index contributed by atoms with van der Waals surface area (Å²) in [4.78, 5) is 0. The first-order chi connectivity index (χ1) is 11.2. The van der Waals surface area contributed by atoms with Gasteiger partial charge in [0.05, 0.1) is 13.2 Å². The van der Waals surface area contributed by atoms with Crippen molar-refractivity contribution in [2.75, 3.05) is 27.4 Å². The number of benzene rings is 2. The van der Waals surface area contributed by atoms with Crippen molar-refractivity contribution in [3.63, 3.8) is 0 Å². The molecule has 1 unspecified atom stereocenters. The van der Waals surface area contributed by atoms with Crippen molar-refractivity contribution >= 4 is 15.9 Å². The second-order valence-electron chi connectivity index (χ2n) is 5.49. The second kappa shape index (κ2) is 9.18. The van der Waals surface area contributed by atoms with Gasteiger partial charge in [0.25, 0.3) is 0 Å². The van der Waals surface area contributed by atoms with Gasteiger partial charge < -0.3 is 14.6 Å². The number of rotatable bonds is 8. The molecule has 0 heterocycles. The maximum Gasteiger partial charge on any atom is 0.105 e. The number of methoxy groups -OCH3 is 2. The minimum absolute atomic E-state index is 0.650. The van der Waals surface area contributed by atoms with E-state index in [0.717, 1.165) is 34.0 Å². The molecule has 124 valence electrons. The van der Waals surface area contributed by atoms with Crippen molar-refractivity contribution in [2.24, 2.45) is 0 Å². The van der Waals surface area contributed by atoms with Crippen molar-refractivity contribution in [3.05, 3.63) is 69.2 Å². The molecule has 2 rings (SSSR count). The van der Waals surface area contributed by atoms with Crippen LogP contribution in [0.3, 0.4) is 0 Å². The van der Waals surface area contributed by atoms with E-state index in [-0.39, 0.29) is 0 Å². The highest BCUT2D eigenvalue weighted by atomic mass is 79.9. The van der Waals surface area contributed by atoms with Crippen LogP contribution >= 0.6 is 15.9 Å². The van der Waals surface area contributed by atoms with Gasteiger partial charge in [0.2, 0.25) is 0 Å². The molecule has 4 heteroatoms. The van der Waals surface area contributed by atoms with Crippen LogP contribution in [0.5, 0.6) is 0 Å². The molecule has 0 aliphatic heterocycles. The van der Waals surface area contributed by atoms with Gasteiger partial charge in [0.1, 0.15) is 6.10 Å². The monoisotopic (exact) mass is 378 g/mol. The van der Waals surface area contributed by atoms with Crippen molar-refractivity contribution in [1.82, 2.24) is 0 Å². The molecule has 3 nitrogen and oxygen atoms in total. The Morgan fingerprint density at radius 1 is 0.913 bits per heavy atom. The van der Waals surface area contributed by atoms with Crippen LogP contribution in [0.2, 0.25) is 0 Å². The highest BCUT2D eigenvalue weighted by molar-refractivity contribution is 9.10. The van der Waals surface area contributed by atoms with Gasteiger partial charge in [0.15, 0.2) is 0 Å². The van der Waals surface area contributed by atoms with Crippen molar-refractivity contribution in [2.45, 2.75) is 18.9 Å². The Balaban J connectivity index is 2.16. The molecule has 0 bridgehead atoms. The van der Waals surface area contributed by atoms with Gasteiger partial charge in [-0.3, -0.25) is 0 Å². The Hall–Kier alpha value is -1.20. The van der Waals surface area contributed by atoms with E-state index in [0.29, 0.717) is 13.2 Å². The maximum absolute atomic E-state index is 10.7. The molecule has 0 saturated carbocycles. The molecule has 1 atom stereocenters. The minimum Gasteiger partial charge on any atom is -0.384 e. The standard InChI is InChI=1S/C19H23BrO3/c1-22-11-9-14-3-6-16(7-4-14)19(21)17-13-15(10-12-23-2)5-8-18(17)20/h3-8,13,19,21H,9-12H2,1-2H3. The Morgan fingerprint density at radius 2 is 1.48 bits per heavy atom. The van der Waals surface area contributed by atoms with Gasteiger partial charge in [0, 0.05) is 18.7 Å². The number of aliphatic hydroxyl groups is 1. The van der Waals surface area contributed by atoms with Crippen LogP contribution in [0.4, 0.5) is 0 Å². The lowest BCUT2D eigenvalue weighted by Crippen LogP contribution is -2.03. The van der Waals surface area contributed by atoms with Gasteiger partial charge in [-0.2, -0.15) is 0 Å². The molecule has 0 aliphatic rings. The summed E-state index contributed by atoms with van der Waals surface area (Å²) in [6.07, 6.45) is 1.06. The fraction of sp³-hybridized carbons (Fsp3) is 0.368. The number of ether oxygens (including phenoxy) is 2. The lowest BCUT2D eigenvalue weighted by Gasteiger charge is -2.15. The van der Waals surface area contributed by atoms with E-state index in [1.165, 1.54) is 5.56 Å². The number of hydrogen-bond acceptors (Lipinski definition) is 3. The van der Waals surface area contributed by atoms with Crippen LogP contribution in [0.25, 0.3) is 0 Å². The molecule has 1 N–H and O–H groups in total. The lowest BCUT2D eigenvalue weighted by atomic mass is 9.97. The van der Waals surface area contributed by atoms with Gasteiger partial charge in [-0.05, 0) is 41.2 Å². The highest BCUT2D eigenvalue weighted by Crippen LogP contribution is 2.30. The molecule has 0 amide bonds. The van der Waals surface area contributed by atoms with E-state index in [4.69, 9.17) is 9.47 Å². The van der Waals surface area contributed by atoms with Crippen LogP contribution < -0.4 is 0 Å². The lowest BCUT2D eigenvalue weighted by molar-refractivity contribution is 0.201. The van der Waals surface area contributed by atoms with Crippen LogP contribution in [0, 0.1) is 0 Å². The third-order valence-corrected chi connectivity index (χ3v) is 4.56. The van der Waals surface area contributed by atoms with Crippen LogP contribution in [0.1, 0.15) is 28.4 Å². The molecule has 0 aliphatic carbocycles. The van der Waals surface area contributed by atoms with Gasteiger partial charge in [-0.25, -0.2) is 0 Å². The van der Waals surface area contributed by atoms with Crippen molar-refractivity contribution in [3.8, 4) is 0 Å². The first kappa shape index (κ1) is 18.1. The van der Waals surface area contributed by atoms with E-state index < -0.39 is 6.10 Å². The summed E-state index contributed by atoms with van der Waals surface area (Å²) in [5.74, 6) is 0. The molecule has 0 radical (unpaired) electrons. The summed E-state index contributed by atoms with van der Waals surface area (Å²) in [5, 5.41) is 10.7. The predicted octanol–water partition coefficient (Wildman–Crippen LogP) is 3.91. The summed E-state index contributed by atoms with van der Waals surface area (Å²) in [7, 11) is 3.39. The largest absolute Gasteiger partial charge is 0.384 e. The Labute approximate surface area is 146 Å². The predicted molar refractivity (Wildman–Crippen MR) is 95.8 cm³/mol. The minimum atomic E-state index is -0.650. The SMILES string of the molecule is COCCc1ccc(C(O)c2cc(CCOC)ccc2Br)cc1. The summed E-state index contributed by atoms with van der Waals surface area (Å²) in [6.45, 7) is 1.38. The van der Waals surface area contributed by atoms with Crippen molar-refractivity contribution < 1.29 is 14.6 Å². The molecular weight excluding hydrogens is 356 g/mol. The Morgan fingerprint density at radius 3 is 2.09 bits per heavy atom. The molecule has 0 saturated heterocycles. The first-order valence-corrected chi connectivity index (χ1v) is 8.48. The van der Waals surface area contributed by atoms with Gasteiger partial charge in [-0.15, -0.1) is 0 Å². The zero-order chi connectivity index (χ0) is 16.7. The van der Waals surface area contributed by atoms with E-state index in [2.05, 4.69) is 15.9 Å². The zero-order valence-corrected chi connectivity index (χ0v) is 15.2. The average molecular weight is 379 g/mol. The number of aliphatic hydroxyl groups excluding tert-OH is 1. The summed E-state index contributed by atoms with van der Waals surface area (Å²) < 4.78 is 11.1. The number of halogens is 1. The molecule has 23 heavy (non-hydrogen) atoms. The summed E-state index contributed by atoms with van der Waals surface area (Å²) in [5.41, 5.74) is 4.12. The van der Waals surface area contributed by atoms with Crippen LogP contribution in [-0.2, 0) is 22.3 Å². The molecular formula is C19H23BrO3. The average Bonchev–Trinajstić information content (AvgIpc) is 2.59. The van der Waals surface area contributed by atoms with Crippen LogP contribution in [-0.4, -0.2) is 32.5 Å². The topological polar surface area (TPSA) is 38.7 Å². The van der Waals surface area contributed by atoms with E-state index in [1.54, 1.807) is 14.2 Å². The molecule has 0 fully saturated rings. The van der Waals surface area contributed by atoms with E-state index in [1.807, 2.05) is 42.5 Å². The molecule has 2 aromatic rings. The number of hydrogen-bond donors (Lipinski definition) is 1. The summed E-state index contributed by atoms with van der Waals surface area (Å²) >= 11 is 3.54. The Kier molecular flexibility index (Phi) is 7.24. The maximum atomic E-state index is 10.7. The fourth-order valence-corrected chi connectivity index (χ4v) is 2.91. The third-order valence-electron chi connectivity index (χ3n) is 3.84. The second-order valence-corrected chi connectivity index (χ2v) is 6.34. The quantitative estimate of drug-likeness (QED) is 0.756. The smallest absolute Gasteiger partial charge is 0.105 e. The molecule has 0 spiro atoms. The van der Waals surface area contributed by atoms with E-state index >= 15 is 0 Å². The third kappa shape index (κ3) is 5.15. The fourth-order valence-electron chi connectivity index (χ4n) is 2.44. The van der Waals surface area contributed by atoms with Crippen molar-refractivity contribution in [1.29, 1.82) is 0 Å². The first-order valence-electron chi connectivity index (χ1n) is 7.68. The zero-order valence-electron chi connectivity index (χ0n) is 13.6. The highest BCUT2D eigenvalue weighted by Gasteiger charge is 2.14. The Bertz CT molecular complexity index is 611. The van der Waals surface area contributed by atoms with Crippen LogP contribution in [0.15, 0.2) is 46.9 Å². The normalized spacial score (nSPS) is 12.3. The molecule has 2 aromatic carbocycles. The molecule has 0 aromatic heterocycles. The van der Waals surface area contributed by atoms with E-state index in [9.17, 15) is 5.11 Å². The summed E-state index contributed by atoms with van der Waals surface area (Å²) in [6, 6.07) is 14.1. The van der Waals surface area contributed by atoms with Gasteiger partial charge >= 0.3 is 0 Å².